The summed E-state index contributed by atoms with van der Waals surface area (Å²) < 4.78 is 31.3. The van der Waals surface area contributed by atoms with E-state index in [2.05, 4.69) is 9.19 Å². The van der Waals surface area contributed by atoms with Gasteiger partial charge in [-0.1, -0.05) is 0 Å². The molecular weight excluding hydrogens is 377 g/mol. The summed E-state index contributed by atoms with van der Waals surface area (Å²) >= 11 is -5.26. The van der Waals surface area contributed by atoms with E-state index in [1.807, 2.05) is 0 Å². The Labute approximate surface area is 142 Å². The zero-order valence-electron chi connectivity index (χ0n) is 13.4. The second-order valence-corrected chi connectivity index (χ2v) is 8.69. The standard InChI is InChI=1S/C16H18AsNO6/c1-10-8-14(12-4-6-13(23-3)7-5-12)16(17(20,21)24-22)15(9-10)18-11(2)19/h4-9,22H,1-3H3,(H,18,19)(H,20,21). The Morgan fingerprint density at radius 1 is 1.21 bits per heavy atom. The first-order valence-corrected chi connectivity index (χ1v) is 10.3. The first-order valence-electron chi connectivity index (χ1n) is 7.01. The first kappa shape index (κ1) is 18.3. The average molecular weight is 395 g/mol. The predicted octanol–water partition coefficient (Wildman–Crippen LogP) is 1.69. The van der Waals surface area contributed by atoms with Crippen LogP contribution in [0.1, 0.15) is 12.5 Å². The van der Waals surface area contributed by atoms with Gasteiger partial charge in [0.2, 0.25) is 0 Å². The van der Waals surface area contributed by atoms with E-state index in [0.717, 1.165) is 5.56 Å². The molecule has 0 fully saturated rings. The van der Waals surface area contributed by atoms with Gasteiger partial charge in [-0.05, 0) is 0 Å². The number of carbonyl (C=O) groups excluding carboxylic acids is 1. The summed E-state index contributed by atoms with van der Waals surface area (Å²) in [4.78, 5) is 11.4. The second-order valence-electron chi connectivity index (χ2n) is 5.22. The molecule has 2 rings (SSSR count). The third-order valence-corrected chi connectivity index (χ3v) is 6.02. The van der Waals surface area contributed by atoms with Crippen molar-refractivity contribution in [2.45, 2.75) is 13.8 Å². The van der Waals surface area contributed by atoms with Crippen LogP contribution in [-0.2, 0) is 12.4 Å². The molecule has 7 nitrogen and oxygen atoms in total. The Bertz CT molecular complexity index is 803. The van der Waals surface area contributed by atoms with Crippen LogP contribution in [-0.4, -0.2) is 36.5 Å². The number of ether oxygens (including phenoxy) is 1. The van der Waals surface area contributed by atoms with Crippen LogP contribution in [0, 0.1) is 6.92 Å². The number of carbonyl (C=O) groups is 1. The van der Waals surface area contributed by atoms with Gasteiger partial charge in [0.15, 0.2) is 0 Å². The monoisotopic (exact) mass is 395 g/mol. The van der Waals surface area contributed by atoms with Crippen LogP contribution in [0.2, 0.25) is 0 Å². The summed E-state index contributed by atoms with van der Waals surface area (Å²) in [5, 5.41) is 11.4. The third kappa shape index (κ3) is 3.88. The number of aryl methyl sites for hydroxylation is 1. The second kappa shape index (κ2) is 7.23. The average Bonchev–Trinajstić information content (AvgIpc) is 2.53. The molecule has 0 aliphatic carbocycles. The van der Waals surface area contributed by atoms with E-state index in [1.54, 1.807) is 43.3 Å². The molecule has 3 N–H and O–H groups in total. The van der Waals surface area contributed by atoms with E-state index >= 15 is 0 Å². The van der Waals surface area contributed by atoms with Crippen LogP contribution < -0.4 is 14.4 Å². The van der Waals surface area contributed by atoms with Crippen molar-refractivity contribution in [3.8, 4) is 16.9 Å². The number of nitrogens with one attached hydrogen (secondary N) is 1. The minimum atomic E-state index is -5.26. The van der Waals surface area contributed by atoms with Crippen molar-refractivity contribution in [1.29, 1.82) is 0 Å². The Morgan fingerprint density at radius 2 is 1.83 bits per heavy atom. The van der Waals surface area contributed by atoms with Crippen molar-refractivity contribution >= 4 is 30.1 Å². The van der Waals surface area contributed by atoms with E-state index in [1.165, 1.54) is 14.0 Å². The van der Waals surface area contributed by atoms with Gasteiger partial charge in [-0.15, -0.1) is 0 Å². The van der Waals surface area contributed by atoms with E-state index < -0.39 is 20.1 Å². The molecule has 0 spiro atoms. The van der Waals surface area contributed by atoms with Gasteiger partial charge in [0.25, 0.3) is 0 Å². The number of benzene rings is 2. The van der Waals surface area contributed by atoms with Crippen molar-refractivity contribution in [1.82, 2.24) is 0 Å². The molecule has 1 unspecified atom stereocenters. The SMILES string of the molecule is COc1ccc(-c2cc(C)cc(NC(C)=O)c2[As](=O)(O)OO)cc1. The van der Waals surface area contributed by atoms with Gasteiger partial charge in [0, 0.05) is 0 Å². The quantitative estimate of drug-likeness (QED) is 0.404. The number of anilines is 1. The molecule has 0 bridgehead atoms. The summed E-state index contributed by atoms with van der Waals surface area (Å²) in [6.45, 7) is 3.07. The third-order valence-electron chi connectivity index (χ3n) is 3.36. The van der Waals surface area contributed by atoms with Gasteiger partial charge < -0.3 is 0 Å². The molecule has 8 heteroatoms. The van der Waals surface area contributed by atoms with E-state index in [-0.39, 0.29) is 10.0 Å². The van der Waals surface area contributed by atoms with Gasteiger partial charge in [0.05, 0.1) is 0 Å². The summed E-state index contributed by atoms with van der Waals surface area (Å²) in [7, 11) is 1.53. The van der Waals surface area contributed by atoms with Crippen molar-refractivity contribution in [2.24, 2.45) is 0 Å². The topological polar surface area (TPSA) is 105 Å². The molecule has 1 amide bonds. The zero-order valence-corrected chi connectivity index (χ0v) is 15.3. The van der Waals surface area contributed by atoms with E-state index in [4.69, 9.17) is 9.99 Å². The molecule has 0 saturated carbocycles. The number of hydrogen-bond donors (Lipinski definition) is 3. The van der Waals surface area contributed by atoms with Gasteiger partial charge in [-0.3, -0.25) is 0 Å². The van der Waals surface area contributed by atoms with Crippen LogP contribution in [0.25, 0.3) is 11.1 Å². The van der Waals surface area contributed by atoms with Gasteiger partial charge in [-0.25, -0.2) is 0 Å². The van der Waals surface area contributed by atoms with Crippen molar-refractivity contribution in [3.05, 3.63) is 42.0 Å². The van der Waals surface area contributed by atoms with Crippen LogP contribution in [0.3, 0.4) is 0 Å². The summed E-state index contributed by atoms with van der Waals surface area (Å²) in [6, 6.07) is 10.1. The molecule has 0 aliphatic heterocycles. The predicted molar refractivity (Wildman–Crippen MR) is 89.5 cm³/mol. The van der Waals surface area contributed by atoms with Crippen molar-refractivity contribution < 1.29 is 26.5 Å². The fourth-order valence-electron chi connectivity index (χ4n) is 2.40. The van der Waals surface area contributed by atoms with Crippen LogP contribution in [0.5, 0.6) is 5.75 Å². The molecule has 0 aliphatic rings. The molecule has 2 aromatic rings. The number of methoxy groups -OCH3 is 1. The Morgan fingerprint density at radius 3 is 2.33 bits per heavy atom. The normalized spacial score (nSPS) is 13.2. The van der Waals surface area contributed by atoms with Gasteiger partial charge >= 0.3 is 142 Å². The summed E-state index contributed by atoms with van der Waals surface area (Å²) in [5.41, 5.74) is 1.91. The van der Waals surface area contributed by atoms with Crippen LogP contribution >= 0.6 is 0 Å². The van der Waals surface area contributed by atoms with E-state index in [0.29, 0.717) is 16.9 Å². The molecule has 24 heavy (non-hydrogen) atoms. The minimum absolute atomic E-state index is 0.124. The molecule has 0 heterocycles. The number of amides is 1. The van der Waals surface area contributed by atoms with Crippen molar-refractivity contribution in [3.63, 3.8) is 0 Å². The summed E-state index contributed by atoms with van der Waals surface area (Å²) in [5.74, 6) is 0.224. The fourth-order valence-corrected chi connectivity index (χ4v) is 4.51. The summed E-state index contributed by atoms with van der Waals surface area (Å²) in [6.07, 6.45) is 0. The fraction of sp³-hybridized carbons (Fsp3) is 0.188. The molecule has 0 radical (unpaired) electrons. The molecule has 1 atom stereocenters. The maximum absolute atomic E-state index is 12.4. The molecular formula is C16H18AsNO6. The van der Waals surface area contributed by atoms with Gasteiger partial charge in [0.1, 0.15) is 0 Å². The Balaban J connectivity index is 2.74. The first-order chi connectivity index (χ1) is 11.3. The molecule has 0 aromatic heterocycles. The molecule has 2 aromatic carbocycles. The molecule has 0 saturated heterocycles. The van der Waals surface area contributed by atoms with Crippen molar-refractivity contribution in [2.75, 3.05) is 12.4 Å². The molecule has 128 valence electrons. The number of rotatable bonds is 5. The number of hydrogen-bond acceptors (Lipinski definition) is 5. The van der Waals surface area contributed by atoms with E-state index in [9.17, 15) is 12.6 Å². The Kier molecular flexibility index (Phi) is 5.51. The van der Waals surface area contributed by atoms with Crippen LogP contribution in [0.4, 0.5) is 5.69 Å². The maximum atomic E-state index is 12.4. The zero-order chi connectivity index (χ0) is 17.9. The Hall–Kier alpha value is -2.05. The van der Waals surface area contributed by atoms with Gasteiger partial charge in [-0.2, -0.15) is 0 Å². The van der Waals surface area contributed by atoms with Crippen LogP contribution in [0.15, 0.2) is 36.4 Å².